The van der Waals surface area contributed by atoms with Gasteiger partial charge in [-0.25, -0.2) is 0 Å². The first-order valence-corrected chi connectivity index (χ1v) is 6.05. The molecule has 1 aromatic carbocycles. The van der Waals surface area contributed by atoms with Crippen molar-refractivity contribution in [1.82, 2.24) is 5.32 Å². The van der Waals surface area contributed by atoms with Gasteiger partial charge in [-0.05, 0) is 12.1 Å². The SMILES string of the molecule is CNc1ccccc1C(=O)NCC1COCCO1. The van der Waals surface area contributed by atoms with Crippen LogP contribution in [-0.2, 0) is 9.47 Å². The zero-order valence-electron chi connectivity index (χ0n) is 10.4. The third-order valence-corrected chi connectivity index (χ3v) is 2.82. The van der Waals surface area contributed by atoms with Crippen LogP contribution in [0.5, 0.6) is 0 Å². The summed E-state index contributed by atoms with van der Waals surface area (Å²) in [5.41, 5.74) is 1.45. The molecule has 1 aliphatic rings. The summed E-state index contributed by atoms with van der Waals surface area (Å²) in [5, 5.41) is 5.86. The van der Waals surface area contributed by atoms with Crippen molar-refractivity contribution in [2.24, 2.45) is 0 Å². The third-order valence-electron chi connectivity index (χ3n) is 2.82. The number of nitrogens with one attached hydrogen (secondary N) is 2. The van der Waals surface area contributed by atoms with Crippen LogP contribution in [0.1, 0.15) is 10.4 Å². The minimum atomic E-state index is -0.103. The highest BCUT2D eigenvalue weighted by Gasteiger charge is 2.16. The molecule has 1 atom stereocenters. The van der Waals surface area contributed by atoms with E-state index in [1.54, 1.807) is 13.1 Å². The molecule has 5 heteroatoms. The Morgan fingerprint density at radius 1 is 1.39 bits per heavy atom. The number of ether oxygens (including phenoxy) is 2. The van der Waals surface area contributed by atoms with Crippen LogP contribution in [0.3, 0.4) is 0 Å². The van der Waals surface area contributed by atoms with Gasteiger partial charge < -0.3 is 20.1 Å². The second-order valence-electron chi connectivity index (χ2n) is 4.07. The summed E-state index contributed by atoms with van der Waals surface area (Å²) in [5.74, 6) is -0.103. The molecule has 1 saturated heterocycles. The van der Waals surface area contributed by atoms with Gasteiger partial charge in [0.2, 0.25) is 0 Å². The predicted octanol–water partition coefficient (Wildman–Crippen LogP) is 0.873. The Bertz CT molecular complexity index is 403. The lowest BCUT2D eigenvalue weighted by Gasteiger charge is -2.23. The number of carbonyl (C=O) groups is 1. The van der Waals surface area contributed by atoms with Crippen LogP contribution in [-0.4, -0.2) is 45.4 Å². The molecule has 1 amide bonds. The average molecular weight is 250 g/mol. The minimum absolute atomic E-state index is 0.0514. The summed E-state index contributed by atoms with van der Waals surface area (Å²) in [6.07, 6.45) is -0.0514. The minimum Gasteiger partial charge on any atom is -0.387 e. The zero-order chi connectivity index (χ0) is 12.8. The summed E-state index contributed by atoms with van der Waals surface area (Å²) in [6, 6.07) is 7.39. The van der Waals surface area contributed by atoms with Crippen molar-refractivity contribution in [3.63, 3.8) is 0 Å². The van der Waals surface area contributed by atoms with Gasteiger partial charge in [-0.1, -0.05) is 12.1 Å². The maximum absolute atomic E-state index is 12.0. The summed E-state index contributed by atoms with van der Waals surface area (Å²) in [6.45, 7) is 2.23. The Hall–Kier alpha value is -1.59. The zero-order valence-corrected chi connectivity index (χ0v) is 10.4. The maximum Gasteiger partial charge on any atom is 0.253 e. The van der Waals surface area contributed by atoms with Crippen LogP contribution in [0.25, 0.3) is 0 Å². The fourth-order valence-electron chi connectivity index (χ4n) is 1.86. The van der Waals surface area contributed by atoms with E-state index >= 15 is 0 Å². The van der Waals surface area contributed by atoms with E-state index < -0.39 is 0 Å². The first-order valence-electron chi connectivity index (χ1n) is 6.05. The summed E-state index contributed by atoms with van der Waals surface area (Å²) in [7, 11) is 1.80. The van der Waals surface area contributed by atoms with Gasteiger partial charge in [0.1, 0.15) is 0 Å². The molecular formula is C13H18N2O3. The van der Waals surface area contributed by atoms with E-state index in [9.17, 15) is 4.79 Å². The Kier molecular flexibility index (Phi) is 4.55. The standard InChI is InChI=1S/C13H18N2O3/c1-14-12-5-3-2-4-11(12)13(16)15-8-10-9-17-6-7-18-10/h2-5,10,14H,6-9H2,1H3,(H,15,16). The van der Waals surface area contributed by atoms with Gasteiger partial charge in [-0.15, -0.1) is 0 Å². The van der Waals surface area contributed by atoms with Crippen molar-refractivity contribution in [3.8, 4) is 0 Å². The molecule has 0 bridgehead atoms. The van der Waals surface area contributed by atoms with Crippen LogP contribution in [0, 0.1) is 0 Å². The van der Waals surface area contributed by atoms with Crippen molar-refractivity contribution in [1.29, 1.82) is 0 Å². The van der Waals surface area contributed by atoms with Crippen LogP contribution in [0.4, 0.5) is 5.69 Å². The van der Waals surface area contributed by atoms with Gasteiger partial charge in [0.15, 0.2) is 0 Å². The first-order chi connectivity index (χ1) is 8.81. The van der Waals surface area contributed by atoms with Crippen LogP contribution >= 0.6 is 0 Å². The van der Waals surface area contributed by atoms with E-state index in [4.69, 9.17) is 9.47 Å². The number of hydrogen-bond acceptors (Lipinski definition) is 4. The smallest absolute Gasteiger partial charge is 0.253 e. The highest BCUT2D eigenvalue weighted by Crippen LogP contribution is 2.13. The third kappa shape index (κ3) is 3.21. The predicted molar refractivity (Wildman–Crippen MR) is 68.9 cm³/mol. The normalized spacial score (nSPS) is 19.3. The molecule has 1 fully saturated rings. The molecular weight excluding hydrogens is 232 g/mol. The van der Waals surface area contributed by atoms with Gasteiger partial charge in [0.25, 0.3) is 5.91 Å². The number of benzene rings is 1. The van der Waals surface area contributed by atoms with Crippen LogP contribution in [0.2, 0.25) is 0 Å². The van der Waals surface area contributed by atoms with E-state index in [0.717, 1.165) is 5.69 Å². The quantitative estimate of drug-likeness (QED) is 0.832. The van der Waals surface area contributed by atoms with Gasteiger partial charge in [0, 0.05) is 19.3 Å². The topological polar surface area (TPSA) is 59.6 Å². The molecule has 2 rings (SSSR count). The summed E-state index contributed by atoms with van der Waals surface area (Å²) < 4.78 is 10.7. The lowest BCUT2D eigenvalue weighted by atomic mass is 10.1. The number of para-hydroxylation sites is 1. The van der Waals surface area contributed by atoms with E-state index in [1.807, 2.05) is 18.2 Å². The molecule has 0 aromatic heterocycles. The highest BCUT2D eigenvalue weighted by atomic mass is 16.6. The fraction of sp³-hybridized carbons (Fsp3) is 0.462. The average Bonchev–Trinajstić information content (AvgIpc) is 2.45. The molecule has 1 aromatic rings. The first kappa shape index (κ1) is 12.9. The van der Waals surface area contributed by atoms with E-state index in [1.165, 1.54) is 0 Å². The summed E-state index contributed by atoms with van der Waals surface area (Å²) >= 11 is 0. The molecule has 0 spiro atoms. The maximum atomic E-state index is 12.0. The molecule has 18 heavy (non-hydrogen) atoms. The molecule has 0 saturated carbocycles. The second-order valence-corrected chi connectivity index (χ2v) is 4.07. The van der Waals surface area contributed by atoms with Gasteiger partial charge in [-0.3, -0.25) is 4.79 Å². The fourth-order valence-corrected chi connectivity index (χ4v) is 1.86. The Morgan fingerprint density at radius 3 is 2.94 bits per heavy atom. The Morgan fingerprint density at radius 2 is 2.22 bits per heavy atom. The number of rotatable bonds is 4. The lowest BCUT2D eigenvalue weighted by Crippen LogP contribution is -2.39. The Balaban J connectivity index is 1.90. The number of hydrogen-bond donors (Lipinski definition) is 2. The largest absolute Gasteiger partial charge is 0.387 e. The number of carbonyl (C=O) groups excluding carboxylic acids is 1. The molecule has 1 unspecified atom stereocenters. The van der Waals surface area contributed by atoms with Crippen molar-refractivity contribution in [2.75, 3.05) is 38.7 Å². The van der Waals surface area contributed by atoms with Gasteiger partial charge in [0.05, 0.1) is 31.5 Å². The molecule has 0 radical (unpaired) electrons. The summed E-state index contributed by atoms with van der Waals surface area (Å²) in [4.78, 5) is 12.0. The van der Waals surface area contributed by atoms with Gasteiger partial charge >= 0.3 is 0 Å². The lowest BCUT2D eigenvalue weighted by molar-refractivity contribution is -0.0855. The van der Waals surface area contributed by atoms with E-state index in [2.05, 4.69) is 10.6 Å². The molecule has 1 heterocycles. The van der Waals surface area contributed by atoms with Crippen molar-refractivity contribution >= 4 is 11.6 Å². The molecule has 5 nitrogen and oxygen atoms in total. The molecule has 0 aliphatic carbocycles. The van der Waals surface area contributed by atoms with Crippen molar-refractivity contribution in [2.45, 2.75) is 6.10 Å². The molecule has 98 valence electrons. The van der Waals surface area contributed by atoms with Crippen molar-refractivity contribution in [3.05, 3.63) is 29.8 Å². The Labute approximate surface area is 106 Å². The number of anilines is 1. The monoisotopic (exact) mass is 250 g/mol. The second kappa shape index (κ2) is 6.37. The molecule has 2 N–H and O–H groups in total. The van der Waals surface area contributed by atoms with E-state index in [0.29, 0.717) is 31.9 Å². The van der Waals surface area contributed by atoms with Crippen LogP contribution in [0.15, 0.2) is 24.3 Å². The molecule has 1 aliphatic heterocycles. The van der Waals surface area contributed by atoms with E-state index in [-0.39, 0.29) is 12.0 Å². The van der Waals surface area contributed by atoms with Gasteiger partial charge in [-0.2, -0.15) is 0 Å². The van der Waals surface area contributed by atoms with Crippen LogP contribution < -0.4 is 10.6 Å². The number of amides is 1. The van der Waals surface area contributed by atoms with Crippen molar-refractivity contribution < 1.29 is 14.3 Å². The highest BCUT2D eigenvalue weighted by molar-refractivity contribution is 5.99.